The molecule has 0 spiro atoms. The third kappa shape index (κ3) is 2.20. The van der Waals surface area contributed by atoms with Crippen LogP contribution in [-0.4, -0.2) is 37.8 Å². The van der Waals surface area contributed by atoms with Gasteiger partial charge in [-0.05, 0) is 13.5 Å². The summed E-state index contributed by atoms with van der Waals surface area (Å²) in [6, 6.07) is -0.313. The number of rotatable bonds is 2. The number of nitrogens with zero attached hydrogens (tertiary/aromatic N) is 1. The van der Waals surface area contributed by atoms with E-state index in [1.54, 1.807) is 11.9 Å². The monoisotopic (exact) mass is 209 g/mol. The van der Waals surface area contributed by atoms with Gasteiger partial charge in [0.15, 0.2) is 0 Å². The molecule has 82 valence electrons. The van der Waals surface area contributed by atoms with Crippen LogP contribution in [-0.2, 0) is 4.74 Å². The van der Waals surface area contributed by atoms with Crippen LogP contribution in [0.25, 0.3) is 0 Å². The molecule has 0 amide bonds. The SMILES string of the molecule is C=C(OC)[C@@H]1C[C@@H](C(F)(F)F)CN1C. The first-order valence-corrected chi connectivity index (χ1v) is 4.36. The van der Waals surface area contributed by atoms with Crippen molar-refractivity contribution in [2.75, 3.05) is 20.7 Å². The molecule has 0 aliphatic carbocycles. The first-order chi connectivity index (χ1) is 6.36. The van der Waals surface area contributed by atoms with Crippen molar-refractivity contribution in [1.29, 1.82) is 0 Å². The smallest absolute Gasteiger partial charge is 0.393 e. The maximum atomic E-state index is 12.4. The summed E-state index contributed by atoms with van der Waals surface area (Å²) in [5.41, 5.74) is 0. The summed E-state index contributed by atoms with van der Waals surface area (Å²) < 4.78 is 42.0. The third-order valence-corrected chi connectivity index (χ3v) is 2.64. The molecular formula is C9H14F3NO. The average Bonchev–Trinajstić information content (AvgIpc) is 2.45. The zero-order valence-electron chi connectivity index (χ0n) is 8.27. The van der Waals surface area contributed by atoms with E-state index in [1.165, 1.54) is 7.11 Å². The predicted octanol–water partition coefficient (Wildman–Crippen LogP) is 2.03. The molecular weight excluding hydrogens is 195 g/mol. The third-order valence-electron chi connectivity index (χ3n) is 2.64. The number of hydrogen-bond donors (Lipinski definition) is 0. The second-order valence-electron chi connectivity index (χ2n) is 3.60. The first kappa shape index (κ1) is 11.4. The molecule has 2 nitrogen and oxygen atoms in total. The van der Waals surface area contributed by atoms with Gasteiger partial charge in [0.1, 0.15) is 5.76 Å². The molecule has 0 aromatic rings. The van der Waals surface area contributed by atoms with E-state index in [4.69, 9.17) is 4.74 Å². The number of ether oxygens (including phenoxy) is 1. The van der Waals surface area contributed by atoms with Crippen LogP contribution in [0, 0.1) is 5.92 Å². The summed E-state index contributed by atoms with van der Waals surface area (Å²) in [6.45, 7) is 3.62. The lowest BCUT2D eigenvalue weighted by atomic mass is 10.0. The van der Waals surface area contributed by atoms with Gasteiger partial charge >= 0.3 is 6.18 Å². The first-order valence-electron chi connectivity index (χ1n) is 4.36. The standard InChI is InChI=1S/C9H14F3NO/c1-6(14-3)8-4-7(5-13(8)2)9(10,11)12/h7-8H,1,4-5H2,2-3H3/t7-,8+/m1/s1. The van der Waals surface area contributed by atoms with Crippen LogP contribution in [0.4, 0.5) is 13.2 Å². The van der Waals surface area contributed by atoms with E-state index in [0.29, 0.717) is 5.76 Å². The molecule has 1 rings (SSSR count). The van der Waals surface area contributed by atoms with E-state index in [1.807, 2.05) is 0 Å². The fraction of sp³-hybridized carbons (Fsp3) is 0.778. The fourth-order valence-electron chi connectivity index (χ4n) is 1.75. The van der Waals surface area contributed by atoms with Gasteiger partial charge in [0.05, 0.1) is 19.1 Å². The molecule has 1 heterocycles. The largest absolute Gasteiger partial charge is 0.500 e. The van der Waals surface area contributed by atoms with Crippen molar-refractivity contribution in [3.8, 4) is 0 Å². The van der Waals surface area contributed by atoms with Crippen molar-refractivity contribution in [3.63, 3.8) is 0 Å². The lowest BCUT2D eigenvalue weighted by molar-refractivity contribution is -0.170. The van der Waals surface area contributed by atoms with E-state index >= 15 is 0 Å². The van der Waals surface area contributed by atoms with Gasteiger partial charge in [0.25, 0.3) is 0 Å². The average molecular weight is 209 g/mol. The molecule has 2 atom stereocenters. The molecule has 1 aliphatic heterocycles. The van der Waals surface area contributed by atoms with Crippen molar-refractivity contribution < 1.29 is 17.9 Å². The van der Waals surface area contributed by atoms with E-state index in [9.17, 15) is 13.2 Å². The molecule has 1 saturated heterocycles. The maximum absolute atomic E-state index is 12.4. The molecule has 0 N–H and O–H groups in total. The Hall–Kier alpha value is -0.710. The Balaban J connectivity index is 2.65. The van der Waals surface area contributed by atoms with Crippen LogP contribution in [0.15, 0.2) is 12.3 Å². The van der Waals surface area contributed by atoms with Crippen molar-refractivity contribution in [2.24, 2.45) is 5.92 Å². The van der Waals surface area contributed by atoms with Crippen molar-refractivity contribution >= 4 is 0 Å². The molecule has 0 unspecified atom stereocenters. The van der Waals surface area contributed by atoms with Crippen molar-refractivity contribution in [2.45, 2.75) is 18.6 Å². The van der Waals surface area contributed by atoms with Gasteiger partial charge in [-0.15, -0.1) is 0 Å². The Labute approximate surface area is 81.3 Å². The highest BCUT2D eigenvalue weighted by molar-refractivity contribution is 5.03. The highest BCUT2D eigenvalue weighted by atomic mass is 19.4. The van der Waals surface area contributed by atoms with Crippen molar-refractivity contribution in [1.82, 2.24) is 4.90 Å². The van der Waals surface area contributed by atoms with Crippen LogP contribution >= 0.6 is 0 Å². The summed E-state index contributed by atoms with van der Waals surface area (Å²) in [7, 11) is 3.08. The highest BCUT2D eigenvalue weighted by Crippen LogP contribution is 2.37. The van der Waals surface area contributed by atoms with Crippen molar-refractivity contribution in [3.05, 3.63) is 12.3 Å². The summed E-state index contributed by atoms with van der Waals surface area (Å²) in [5.74, 6) is -0.858. The number of methoxy groups -OCH3 is 1. The van der Waals surface area contributed by atoms with Crippen LogP contribution in [0.5, 0.6) is 0 Å². The topological polar surface area (TPSA) is 12.5 Å². The summed E-state index contributed by atoms with van der Waals surface area (Å²) in [6.07, 6.45) is -4.07. The van der Waals surface area contributed by atoms with Crippen LogP contribution in [0.2, 0.25) is 0 Å². The molecule has 0 aromatic carbocycles. The Kier molecular flexibility index (Phi) is 3.09. The number of halogens is 3. The molecule has 14 heavy (non-hydrogen) atoms. The number of likely N-dealkylation sites (tertiary alicyclic amines) is 1. The van der Waals surface area contributed by atoms with Crippen LogP contribution in [0.1, 0.15) is 6.42 Å². The lowest BCUT2D eigenvalue weighted by Gasteiger charge is -2.19. The van der Waals surface area contributed by atoms with E-state index in [2.05, 4.69) is 6.58 Å². The number of likely N-dealkylation sites (N-methyl/N-ethyl adjacent to an activating group) is 1. The van der Waals surface area contributed by atoms with Gasteiger partial charge in [0.2, 0.25) is 0 Å². The molecule has 0 aromatic heterocycles. The van der Waals surface area contributed by atoms with Gasteiger partial charge in [0, 0.05) is 6.54 Å². The highest BCUT2D eigenvalue weighted by Gasteiger charge is 2.47. The van der Waals surface area contributed by atoms with Crippen LogP contribution < -0.4 is 0 Å². The Morgan fingerprint density at radius 2 is 2.07 bits per heavy atom. The Bertz CT molecular complexity index is 227. The Morgan fingerprint density at radius 1 is 1.50 bits per heavy atom. The molecule has 1 fully saturated rings. The van der Waals surface area contributed by atoms with Gasteiger partial charge in [-0.3, -0.25) is 4.90 Å². The maximum Gasteiger partial charge on any atom is 0.393 e. The summed E-state index contributed by atoms with van der Waals surface area (Å²) in [5, 5.41) is 0. The van der Waals surface area contributed by atoms with E-state index in [-0.39, 0.29) is 19.0 Å². The zero-order valence-corrected chi connectivity index (χ0v) is 8.27. The van der Waals surface area contributed by atoms with Gasteiger partial charge in [-0.25, -0.2) is 0 Å². The zero-order chi connectivity index (χ0) is 10.9. The van der Waals surface area contributed by atoms with Crippen LogP contribution in [0.3, 0.4) is 0 Å². The molecule has 0 saturated carbocycles. The minimum absolute atomic E-state index is 0.0244. The van der Waals surface area contributed by atoms with Gasteiger partial charge in [-0.2, -0.15) is 13.2 Å². The summed E-state index contributed by atoms with van der Waals surface area (Å²) >= 11 is 0. The molecule has 5 heteroatoms. The fourth-order valence-corrected chi connectivity index (χ4v) is 1.75. The van der Waals surface area contributed by atoms with E-state index in [0.717, 1.165) is 0 Å². The molecule has 0 radical (unpaired) electrons. The van der Waals surface area contributed by atoms with E-state index < -0.39 is 12.1 Å². The summed E-state index contributed by atoms with van der Waals surface area (Å²) in [4.78, 5) is 1.63. The Morgan fingerprint density at radius 3 is 2.43 bits per heavy atom. The quantitative estimate of drug-likeness (QED) is 0.645. The predicted molar refractivity (Wildman–Crippen MR) is 46.7 cm³/mol. The molecule has 0 bridgehead atoms. The second kappa shape index (κ2) is 3.81. The minimum Gasteiger partial charge on any atom is -0.500 e. The molecule has 1 aliphatic rings. The van der Waals surface area contributed by atoms with Gasteiger partial charge < -0.3 is 4.74 Å². The van der Waals surface area contributed by atoms with Gasteiger partial charge in [-0.1, -0.05) is 6.58 Å². The minimum atomic E-state index is -4.11. The number of hydrogen-bond acceptors (Lipinski definition) is 2. The lowest BCUT2D eigenvalue weighted by Crippen LogP contribution is -2.28. The normalized spacial score (nSPS) is 29.2. The second-order valence-corrected chi connectivity index (χ2v) is 3.60. The number of alkyl halides is 3.